The van der Waals surface area contributed by atoms with Crippen molar-refractivity contribution in [3.05, 3.63) is 43.0 Å². The summed E-state index contributed by atoms with van der Waals surface area (Å²) in [6.45, 7) is 3.67. The Hall–Kier alpha value is -1.42. The van der Waals surface area contributed by atoms with Gasteiger partial charge in [0.05, 0.1) is 10.1 Å². The van der Waals surface area contributed by atoms with Crippen LogP contribution in [0.25, 0.3) is 0 Å². The summed E-state index contributed by atoms with van der Waals surface area (Å²) >= 11 is 0. The van der Waals surface area contributed by atoms with E-state index in [-0.39, 0.29) is 11.7 Å². The molecule has 1 aromatic carbocycles. The molecule has 2 atom stereocenters. The highest BCUT2D eigenvalue weighted by molar-refractivity contribution is 7.92. The largest absolute Gasteiger partial charge is 0.299 e. The molecule has 0 N–H and O–H groups in total. The molecule has 1 aliphatic carbocycles. The summed E-state index contributed by atoms with van der Waals surface area (Å²) in [5, 5.41) is -0.551. The van der Waals surface area contributed by atoms with E-state index in [0.29, 0.717) is 24.2 Å². The first-order valence-corrected chi connectivity index (χ1v) is 9.03. The summed E-state index contributed by atoms with van der Waals surface area (Å²) in [6, 6.07) is 8.49. The minimum Gasteiger partial charge on any atom is -0.299 e. The molecule has 0 heterocycles. The van der Waals surface area contributed by atoms with Gasteiger partial charge in [0.2, 0.25) is 0 Å². The summed E-state index contributed by atoms with van der Waals surface area (Å²) in [5.74, 6) is 0.112. The van der Waals surface area contributed by atoms with Crippen LogP contribution >= 0.6 is 0 Å². The number of carbonyl (C=O) groups excluding carboxylic acids is 1. The van der Waals surface area contributed by atoms with Crippen LogP contribution in [0.2, 0.25) is 0 Å². The van der Waals surface area contributed by atoms with E-state index in [1.165, 1.54) is 0 Å². The number of allylic oxidation sites excluding steroid dienone is 1. The van der Waals surface area contributed by atoms with Crippen molar-refractivity contribution in [2.45, 2.75) is 48.7 Å². The lowest BCUT2D eigenvalue weighted by Gasteiger charge is -2.25. The van der Waals surface area contributed by atoms with Gasteiger partial charge in [-0.1, -0.05) is 30.7 Å². The van der Waals surface area contributed by atoms with Crippen molar-refractivity contribution in [1.82, 2.24) is 0 Å². The molecule has 0 aromatic heterocycles. The quantitative estimate of drug-likeness (QED) is 0.755. The summed E-state index contributed by atoms with van der Waals surface area (Å²) in [6.07, 6.45) is 5.81. The summed E-state index contributed by atoms with van der Waals surface area (Å²) < 4.78 is 25.5. The van der Waals surface area contributed by atoms with E-state index in [1.807, 2.05) is 0 Å². The standard InChI is InChI=1S/C17H22O3S/c1-2-8-16(13-14-9-6-7-12-17(14)18)21(19,20)15-10-4-3-5-11-15/h2-5,10-11,14,16H,1,6-9,12-13H2/t14?,16-/m1/s1. The molecule has 2 rings (SSSR count). The van der Waals surface area contributed by atoms with Gasteiger partial charge in [0.1, 0.15) is 5.78 Å². The van der Waals surface area contributed by atoms with Gasteiger partial charge < -0.3 is 0 Å². The zero-order valence-corrected chi connectivity index (χ0v) is 13.0. The van der Waals surface area contributed by atoms with Crippen molar-refractivity contribution < 1.29 is 13.2 Å². The number of ketones is 1. The molecule has 1 aromatic rings. The summed E-state index contributed by atoms with van der Waals surface area (Å²) in [4.78, 5) is 12.3. The van der Waals surface area contributed by atoms with Crippen molar-refractivity contribution in [2.75, 3.05) is 0 Å². The second kappa shape index (κ2) is 7.03. The fourth-order valence-corrected chi connectivity index (χ4v) is 4.76. The number of Topliss-reactive ketones (excluding diaryl/α,β-unsaturated/α-hetero) is 1. The van der Waals surface area contributed by atoms with Gasteiger partial charge in [-0.15, -0.1) is 6.58 Å². The number of sulfone groups is 1. The van der Waals surface area contributed by atoms with Crippen molar-refractivity contribution in [1.29, 1.82) is 0 Å². The summed E-state index contributed by atoms with van der Waals surface area (Å²) in [5.41, 5.74) is 0. The third-order valence-electron chi connectivity index (χ3n) is 4.17. The van der Waals surface area contributed by atoms with Crippen molar-refractivity contribution in [3.8, 4) is 0 Å². The molecule has 0 spiro atoms. The van der Waals surface area contributed by atoms with Gasteiger partial charge in [0.25, 0.3) is 0 Å². The van der Waals surface area contributed by atoms with E-state index in [2.05, 4.69) is 6.58 Å². The number of benzene rings is 1. The van der Waals surface area contributed by atoms with Gasteiger partial charge in [0.15, 0.2) is 9.84 Å². The number of hydrogen-bond donors (Lipinski definition) is 0. The first kappa shape index (κ1) is 16.0. The highest BCUT2D eigenvalue weighted by Crippen LogP contribution is 2.30. The number of carbonyl (C=O) groups is 1. The maximum absolute atomic E-state index is 12.7. The number of rotatable bonds is 6. The average molecular weight is 306 g/mol. The van der Waals surface area contributed by atoms with Crippen molar-refractivity contribution in [2.24, 2.45) is 5.92 Å². The predicted octanol–water partition coefficient (Wildman–Crippen LogP) is 3.55. The Morgan fingerprint density at radius 3 is 2.57 bits per heavy atom. The molecule has 114 valence electrons. The Morgan fingerprint density at radius 2 is 1.95 bits per heavy atom. The second-order valence-corrected chi connectivity index (χ2v) is 7.88. The molecule has 1 aliphatic rings. The maximum atomic E-state index is 12.7. The molecule has 0 radical (unpaired) electrons. The first-order chi connectivity index (χ1) is 10.1. The van der Waals surface area contributed by atoms with Gasteiger partial charge in [-0.25, -0.2) is 8.42 Å². The van der Waals surface area contributed by atoms with Gasteiger partial charge in [0, 0.05) is 12.3 Å². The monoisotopic (exact) mass is 306 g/mol. The Labute approximate surface area is 127 Å². The molecule has 1 unspecified atom stereocenters. The van der Waals surface area contributed by atoms with Crippen LogP contribution in [0, 0.1) is 5.92 Å². The molecule has 0 aliphatic heterocycles. The van der Waals surface area contributed by atoms with Gasteiger partial charge in [-0.2, -0.15) is 0 Å². The van der Waals surface area contributed by atoms with Gasteiger partial charge in [-0.05, 0) is 37.8 Å². The van der Waals surface area contributed by atoms with Gasteiger partial charge >= 0.3 is 0 Å². The Kier molecular flexibility index (Phi) is 5.34. The van der Waals surface area contributed by atoms with Crippen LogP contribution in [0.3, 0.4) is 0 Å². The molecular formula is C17H22O3S. The lowest BCUT2D eigenvalue weighted by Crippen LogP contribution is -2.29. The van der Waals surface area contributed by atoms with Crippen LogP contribution < -0.4 is 0 Å². The molecule has 1 saturated carbocycles. The average Bonchev–Trinajstić information content (AvgIpc) is 2.50. The third-order valence-corrected chi connectivity index (χ3v) is 6.36. The Balaban J connectivity index is 2.22. The minimum atomic E-state index is -3.41. The summed E-state index contributed by atoms with van der Waals surface area (Å²) in [7, 11) is -3.41. The van der Waals surface area contributed by atoms with E-state index >= 15 is 0 Å². The zero-order valence-electron chi connectivity index (χ0n) is 12.2. The lowest BCUT2D eigenvalue weighted by molar-refractivity contribution is -0.124. The highest BCUT2D eigenvalue weighted by Gasteiger charge is 2.32. The van der Waals surface area contributed by atoms with Crippen LogP contribution in [-0.2, 0) is 14.6 Å². The second-order valence-electron chi connectivity index (χ2n) is 5.65. The van der Waals surface area contributed by atoms with E-state index in [9.17, 15) is 13.2 Å². The SMILES string of the molecule is C=CC[C@H](CC1CCCCC1=O)S(=O)(=O)c1ccccc1. The van der Waals surface area contributed by atoms with E-state index < -0.39 is 15.1 Å². The Bertz CT molecular complexity index is 590. The molecule has 3 nitrogen and oxygen atoms in total. The van der Waals surface area contributed by atoms with Crippen LogP contribution in [0.5, 0.6) is 0 Å². The molecular weight excluding hydrogens is 284 g/mol. The maximum Gasteiger partial charge on any atom is 0.181 e. The lowest BCUT2D eigenvalue weighted by atomic mass is 9.84. The zero-order chi connectivity index (χ0) is 15.3. The fraction of sp³-hybridized carbons (Fsp3) is 0.471. The molecule has 1 fully saturated rings. The first-order valence-electron chi connectivity index (χ1n) is 7.48. The van der Waals surface area contributed by atoms with Crippen molar-refractivity contribution >= 4 is 15.6 Å². The smallest absolute Gasteiger partial charge is 0.181 e. The molecule has 0 bridgehead atoms. The molecule has 0 saturated heterocycles. The van der Waals surface area contributed by atoms with E-state index in [1.54, 1.807) is 36.4 Å². The van der Waals surface area contributed by atoms with Gasteiger partial charge in [-0.3, -0.25) is 4.79 Å². The van der Waals surface area contributed by atoms with Crippen LogP contribution in [-0.4, -0.2) is 19.5 Å². The third kappa shape index (κ3) is 3.82. The van der Waals surface area contributed by atoms with E-state index in [4.69, 9.17) is 0 Å². The minimum absolute atomic E-state index is 0.109. The normalized spacial score (nSPS) is 21.0. The topological polar surface area (TPSA) is 51.2 Å². The molecule has 0 amide bonds. The fourth-order valence-electron chi connectivity index (χ4n) is 2.96. The predicted molar refractivity (Wildman–Crippen MR) is 83.8 cm³/mol. The molecule has 4 heteroatoms. The van der Waals surface area contributed by atoms with E-state index in [0.717, 1.165) is 19.3 Å². The van der Waals surface area contributed by atoms with Crippen molar-refractivity contribution in [3.63, 3.8) is 0 Å². The van der Waals surface area contributed by atoms with Crippen LogP contribution in [0.4, 0.5) is 0 Å². The van der Waals surface area contributed by atoms with Crippen LogP contribution in [0.1, 0.15) is 38.5 Å². The molecule has 21 heavy (non-hydrogen) atoms. The van der Waals surface area contributed by atoms with Crippen LogP contribution in [0.15, 0.2) is 47.9 Å². The highest BCUT2D eigenvalue weighted by atomic mass is 32.2. The Morgan fingerprint density at radius 1 is 1.24 bits per heavy atom. The number of hydrogen-bond acceptors (Lipinski definition) is 3.